The minimum absolute atomic E-state index is 0.00507. The van der Waals surface area contributed by atoms with Crippen LogP contribution in [-0.2, 0) is 23.8 Å². The highest BCUT2D eigenvalue weighted by molar-refractivity contribution is 14.1. The molecule has 1 amide bonds. The molecule has 1 unspecified atom stereocenters. The highest BCUT2D eigenvalue weighted by atomic mass is 127. The van der Waals surface area contributed by atoms with Crippen LogP contribution < -0.4 is 20.8 Å². The number of carbonyl (C=O) groups is 3. The van der Waals surface area contributed by atoms with Gasteiger partial charge in [0.1, 0.15) is 28.6 Å². The van der Waals surface area contributed by atoms with Crippen LogP contribution in [0.2, 0.25) is 0 Å². The van der Waals surface area contributed by atoms with Crippen LogP contribution in [0.3, 0.4) is 0 Å². The number of hydrogen-bond donors (Lipinski definition) is 5. The molecule has 8 rings (SSSR count). The smallest absolute Gasteiger partial charge is 0.312 e. The Balaban J connectivity index is 1.37. The number of hydrogen-bond acceptors (Lipinski definition) is 14. The molecule has 4 aromatic carbocycles. The third-order valence-electron chi connectivity index (χ3n) is 15.3. The highest BCUT2D eigenvalue weighted by Gasteiger charge is 2.52. The van der Waals surface area contributed by atoms with Gasteiger partial charge in [-0.05, 0) is 88.4 Å². The molecule has 4 aliphatic heterocycles. The monoisotopic (exact) mass is 1230 g/mol. The van der Waals surface area contributed by atoms with Gasteiger partial charge < -0.3 is 44.7 Å². The van der Waals surface area contributed by atoms with Crippen LogP contribution >= 0.6 is 45.2 Å². The Bertz CT molecular complexity index is 3080. The molecule has 1 saturated heterocycles. The zero-order chi connectivity index (χ0) is 53.7. The van der Waals surface area contributed by atoms with E-state index in [4.69, 9.17) is 28.9 Å². The van der Waals surface area contributed by atoms with Gasteiger partial charge in [0.25, 0.3) is 11.7 Å². The molecule has 1 fully saturated rings. The van der Waals surface area contributed by atoms with Crippen LogP contribution in [0.4, 0.5) is 5.69 Å². The Morgan fingerprint density at radius 2 is 1.50 bits per heavy atom. The number of amides is 1. The number of halogens is 2. The summed E-state index contributed by atoms with van der Waals surface area (Å²) < 4.78 is 26.5. The number of Topliss-reactive ketones (excluding diaryl/α,β-unsaturated/α-hetero) is 1. The number of carbonyl (C=O) groups excluding carboxylic acids is 3. The fourth-order valence-electron chi connectivity index (χ4n) is 11.2. The van der Waals surface area contributed by atoms with Crippen LogP contribution in [-0.4, -0.2) is 92.5 Å². The summed E-state index contributed by atoms with van der Waals surface area (Å²) in [7, 11) is 1.47. The molecule has 74 heavy (non-hydrogen) atoms. The summed E-state index contributed by atoms with van der Waals surface area (Å²) >= 11 is 4.70. The topological polar surface area (TPSA) is 209 Å². The first-order valence-corrected chi connectivity index (χ1v) is 26.9. The van der Waals surface area contributed by atoms with Gasteiger partial charge in [0, 0.05) is 99.8 Å². The minimum atomic E-state index is -2.03. The molecule has 4 heterocycles. The van der Waals surface area contributed by atoms with Crippen molar-refractivity contribution in [2.75, 3.05) is 19.0 Å². The van der Waals surface area contributed by atoms with E-state index < -0.39 is 88.7 Å². The zero-order valence-electron chi connectivity index (χ0n) is 42.9. The van der Waals surface area contributed by atoms with E-state index in [1.54, 1.807) is 65.8 Å². The average molecular weight is 1230 g/mol. The van der Waals surface area contributed by atoms with Gasteiger partial charge in [-0.25, -0.2) is 0 Å². The number of phenolic OH excluding ortho intramolecular Hbond substituents is 2. The molecular formula is C57H64I2N4O11. The second-order valence-corrected chi connectivity index (χ2v) is 22.6. The van der Waals surface area contributed by atoms with Crippen molar-refractivity contribution >= 4 is 79.3 Å². The second kappa shape index (κ2) is 21.8. The number of fused-ring (bicyclic) bond motifs is 1. The van der Waals surface area contributed by atoms with E-state index >= 15 is 4.79 Å². The summed E-state index contributed by atoms with van der Waals surface area (Å²) in [5.41, 5.74) is 1.09. The molecular weight excluding hydrogens is 1170 g/mol. The summed E-state index contributed by atoms with van der Waals surface area (Å²) in [4.78, 5) is 55.6. The molecule has 5 N–H and O–H groups in total. The van der Waals surface area contributed by atoms with Gasteiger partial charge in [-0.2, -0.15) is 0 Å². The minimum Gasteiger partial charge on any atom is -0.507 e. The number of ether oxygens (including phenoxy) is 4. The number of phenols is 2. The number of aliphatic hydroxyl groups is 2. The Kier molecular flexibility index (Phi) is 16.2. The first kappa shape index (κ1) is 55.1. The molecule has 0 aromatic heterocycles. The fourth-order valence-corrected chi connectivity index (χ4v) is 12.7. The van der Waals surface area contributed by atoms with Gasteiger partial charge in [0.15, 0.2) is 11.4 Å². The molecule has 15 nitrogen and oxygen atoms in total. The molecule has 0 saturated carbocycles. The van der Waals surface area contributed by atoms with E-state index in [1.807, 2.05) is 30.3 Å². The van der Waals surface area contributed by atoms with Crippen LogP contribution in [0.25, 0.3) is 10.8 Å². The van der Waals surface area contributed by atoms with E-state index in [0.29, 0.717) is 19.4 Å². The van der Waals surface area contributed by atoms with Crippen molar-refractivity contribution < 1.29 is 53.8 Å². The maximum atomic E-state index is 15.2. The van der Waals surface area contributed by atoms with Crippen LogP contribution in [0, 0.1) is 37.7 Å². The van der Waals surface area contributed by atoms with Crippen molar-refractivity contribution in [3.8, 4) is 17.2 Å². The number of esters is 1. The zero-order valence-corrected chi connectivity index (χ0v) is 47.2. The maximum absolute atomic E-state index is 15.2. The molecule has 17 heteroatoms. The number of nitrogens with one attached hydrogen (secondary N) is 1. The Morgan fingerprint density at radius 3 is 2.08 bits per heavy atom. The number of benzene rings is 4. The standard InChI is InChI=1S/C57H64I2N4O11/c1-11-24-63-39(35-19-12-14-21-37(35)58)26-57(27-40(63)36-20-13-15-22-38(36)59)61-45-42-43-50(67)33(7)53-44(42)54(69)56(9,74-53)72-25-23-41(71-10)30(4)52(73-34(8)64)32(6)49(66)31(5)48(65)28(2)17-16-18-29(3)55(70)60-47(51(43)68)46(45)62-57/h11-23,25,28,30-32,39-41,48-49,52,65-68H,1,24,26-27H2,2-10H3,(H,60,70)/b17-16+,25-23+,29-18-/t28-,30+,31+,32+,39-,40+,41-,48-,49+,52+,56-,57?/m0/s1. The van der Waals surface area contributed by atoms with E-state index in [0.717, 1.165) is 18.3 Å². The Morgan fingerprint density at radius 1 is 0.892 bits per heavy atom. The molecule has 0 aliphatic carbocycles. The predicted octanol–water partition coefficient (Wildman–Crippen LogP) is 8.97. The number of methoxy groups -OCH3 is 1. The van der Waals surface area contributed by atoms with Gasteiger partial charge in [-0.15, -0.1) is 6.58 Å². The second-order valence-electron chi connectivity index (χ2n) is 20.2. The lowest BCUT2D eigenvalue weighted by Crippen LogP contribution is -2.46. The Labute approximate surface area is 458 Å². The van der Waals surface area contributed by atoms with E-state index in [1.165, 1.54) is 27.2 Å². The highest BCUT2D eigenvalue weighted by Crippen LogP contribution is 2.53. The first-order chi connectivity index (χ1) is 35.1. The molecule has 0 radical (unpaired) electrons. The van der Waals surface area contributed by atoms with Crippen molar-refractivity contribution in [3.05, 3.63) is 137 Å². The third-order valence-corrected chi connectivity index (χ3v) is 17.3. The van der Waals surface area contributed by atoms with E-state index in [-0.39, 0.29) is 61.7 Å². The van der Waals surface area contributed by atoms with Gasteiger partial charge in [0.2, 0.25) is 0 Å². The van der Waals surface area contributed by atoms with Gasteiger partial charge in [-0.3, -0.25) is 29.3 Å². The van der Waals surface area contributed by atoms with Crippen molar-refractivity contribution in [3.63, 3.8) is 0 Å². The number of rotatable bonds is 6. The number of allylic oxidation sites excluding steroid dienone is 2. The lowest BCUT2D eigenvalue weighted by atomic mass is 9.78. The number of ketones is 1. The van der Waals surface area contributed by atoms with Crippen LogP contribution in [0.15, 0.2) is 107 Å². The number of aromatic hydroxyl groups is 2. The molecule has 4 bridgehead atoms. The van der Waals surface area contributed by atoms with Crippen LogP contribution in [0.5, 0.6) is 17.2 Å². The van der Waals surface area contributed by atoms with Gasteiger partial charge in [0.05, 0.1) is 40.9 Å². The number of nitrogens with zero attached hydrogens (tertiary/aromatic N) is 3. The number of aliphatic hydroxyl groups excluding tert-OH is 2. The number of piperidine rings is 1. The summed E-state index contributed by atoms with van der Waals surface area (Å²) in [6.07, 6.45) is 6.43. The lowest BCUT2D eigenvalue weighted by molar-refractivity contribution is -0.160. The average Bonchev–Trinajstić information content (AvgIpc) is 3.87. The summed E-state index contributed by atoms with van der Waals surface area (Å²) in [6.45, 7) is 17.6. The van der Waals surface area contributed by atoms with Gasteiger partial charge >= 0.3 is 11.8 Å². The third kappa shape index (κ3) is 10.0. The summed E-state index contributed by atoms with van der Waals surface area (Å²) in [5.74, 6) is -7.28. The van der Waals surface area contributed by atoms with Crippen molar-refractivity contribution in [2.24, 2.45) is 33.7 Å². The fraction of sp³-hybridized carbons (Fsp3) is 0.421. The SMILES string of the molecule is C=CCN1[C@@H](c2ccccc2I)CC2(C[C@H]1c1ccccc1I)N=c1c3c(O)c4c(O)c(C)c5c(c4c1=N2)C(=O)[C@@](C)(O/C=C/[C@H](OC)[C@@H](C)[C@@H](OC(C)=O)[C@H](C)[C@H](O)[C@H](C)[C@@H](O)[C@@H](C)/C=C/C=C(/C)C(=O)N3)O5. The molecule has 1 spiro atoms. The Hall–Kier alpha value is -5.19. The maximum Gasteiger partial charge on any atom is 0.312 e. The number of anilines is 1. The lowest BCUT2D eigenvalue weighted by Gasteiger charge is -2.48. The largest absolute Gasteiger partial charge is 0.507 e. The normalized spacial score (nSPS) is 32.1. The summed E-state index contributed by atoms with van der Waals surface area (Å²) in [6, 6.07) is 15.7. The van der Waals surface area contributed by atoms with Crippen LogP contribution in [0.1, 0.15) is 100 Å². The molecule has 12 atom stereocenters. The quantitative estimate of drug-likeness (QED) is 0.0531. The number of likely N-dealkylation sites (tertiary alicyclic amines) is 1. The summed E-state index contributed by atoms with van der Waals surface area (Å²) in [5, 5.41) is 51.2. The molecule has 392 valence electrons. The van der Waals surface area contributed by atoms with Crippen molar-refractivity contribution in [1.29, 1.82) is 0 Å². The van der Waals surface area contributed by atoms with E-state index in [2.05, 4.69) is 86.2 Å². The first-order valence-electron chi connectivity index (χ1n) is 24.8. The molecule has 4 aliphatic rings. The molecule has 4 aromatic rings. The van der Waals surface area contributed by atoms with Crippen molar-refractivity contribution in [2.45, 2.75) is 116 Å². The van der Waals surface area contributed by atoms with Gasteiger partial charge in [-0.1, -0.05) is 88.4 Å². The van der Waals surface area contributed by atoms with Crippen molar-refractivity contribution in [1.82, 2.24) is 4.90 Å². The predicted molar refractivity (Wildman–Crippen MR) is 297 cm³/mol. The van der Waals surface area contributed by atoms with E-state index in [9.17, 15) is 30.0 Å².